The highest BCUT2D eigenvalue weighted by Gasteiger charge is 2.49. The zero-order chi connectivity index (χ0) is 17.5. The van der Waals surface area contributed by atoms with Gasteiger partial charge >= 0.3 is 5.97 Å². The fourth-order valence-corrected chi connectivity index (χ4v) is 5.29. The van der Waals surface area contributed by atoms with Crippen molar-refractivity contribution in [1.82, 2.24) is 9.21 Å². The molecule has 2 saturated heterocycles. The summed E-state index contributed by atoms with van der Waals surface area (Å²) in [5, 5.41) is 14.7. The second-order valence-electron chi connectivity index (χ2n) is 7.17. The summed E-state index contributed by atoms with van der Waals surface area (Å²) in [6.07, 6.45) is 5.33. The number of likely N-dealkylation sites (tertiary alicyclic amines) is 1. The summed E-state index contributed by atoms with van der Waals surface area (Å²) in [4.78, 5) is 26.2. The summed E-state index contributed by atoms with van der Waals surface area (Å²) in [5.74, 6) is -1.08. The molecule has 0 aromatic carbocycles. The average molecular weight is 359 g/mol. The number of amides is 1. The molecular formula is C15H25N3O5S. The molecule has 3 aliphatic rings. The third-order valence-electron chi connectivity index (χ3n) is 5.79. The molecule has 2 aliphatic heterocycles. The van der Waals surface area contributed by atoms with Gasteiger partial charge in [-0.15, -0.1) is 0 Å². The van der Waals surface area contributed by atoms with Crippen LogP contribution < -0.4 is 5.14 Å². The number of fused-ring (bicyclic) bond motifs is 1. The van der Waals surface area contributed by atoms with E-state index in [4.69, 9.17) is 5.14 Å². The van der Waals surface area contributed by atoms with E-state index in [0.717, 1.165) is 25.7 Å². The van der Waals surface area contributed by atoms with Gasteiger partial charge in [-0.3, -0.25) is 4.79 Å². The minimum absolute atomic E-state index is 0.0311. The number of aliphatic carboxylic acids is 1. The molecule has 2 heterocycles. The summed E-state index contributed by atoms with van der Waals surface area (Å²) in [6, 6.07) is -0.703. The van der Waals surface area contributed by atoms with Crippen molar-refractivity contribution in [3.8, 4) is 0 Å². The molecule has 0 bridgehead atoms. The number of carbonyl (C=O) groups excluding carboxylic acids is 1. The van der Waals surface area contributed by atoms with Gasteiger partial charge in [-0.2, -0.15) is 12.7 Å². The van der Waals surface area contributed by atoms with Crippen molar-refractivity contribution in [1.29, 1.82) is 0 Å². The van der Waals surface area contributed by atoms with Crippen LogP contribution in [0.3, 0.4) is 0 Å². The third-order valence-corrected chi connectivity index (χ3v) is 6.88. The molecule has 3 rings (SSSR count). The van der Waals surface area contributed by atoms with E-state index < -0.39 is 22.2 Å². The molecule has 3 N–H and O–H groups in total. The van der Waals surface area contributed by atoms with E-state index >= 15 is 0 Å². The number of nitrogens with zero attached hydrogens (tertiary/aromatic N) is 2. The molecule has 3 unspecified atom stereocenters. The Kier molecular flexibility index (Phi) is 4.85. The van der Waals surface area contributed by atoms with Crippen molar-refractivity contribution in [2.45, 2.75) is 57.0 Å². The van der Waals surface area contributed by atoms with Crippen LogP contribution in [0.15, 0.2) is 0 Å². The Balaban J connectivity index is 1.72. The Morgan fingerprint density at radius 2 is 1.67 bits per heavy atom. The zero-order valence-corrected chi connectivity index (χ0v) is 14.5. The number of hydrogen-bond donors (Lipinski definition) is 2. The number of nitrogens with two attached hydrogens (primary N) is 1. The molecule has 0 aromatic heterocycles. The summed E-state index contributed by atoms with van der Waals surface area (Å²) in [6.45, 7) is 0.434. The fraction of sp³-hybridized carbons (Fsp3) is 0.867. The standard InChI is InChI=1S/C15H25N3O5S/c16-24(22,23)17-7-5-10(6-8-17)14(19)18-12-4-2-1-3-11(12)9-13(18)15(20)21/h10-13H,1-9H2,(H,20,21)(H2,16,22,23). The maximum absolute atomic E-state index is 13.0. The molecule has 3 atom stereocenters. The summed E-state index contributed by atoms with van der Waals surface area (Å²) >= 11 is 0. The lowest BCUT2D eigenvalue weighted by Gasteiger charge is -2.37. The smallest absolute Gasteiger partial charge is 0.326 e. The molecule has 1 aliphatic carbocycles. The molecule has 3 fully saturated rings. The van der Waals surface area contributed by atoms with Gasteiger partial charge in [0.25, 0.3) is 10.2 Å². The van der Waals surface area contributed by atoms with E-state index in [0.29, 0.717) is 19.3 Å². The first-order valence-electron chi connectivity index (χ1n) is 8.62. The highest BCUT2D eigenvalue weighted by atomic mass is 32.2. The first-order chi connectivity index (χ1) is 11.3. The summed E-state index contributed by atoms with van der Waals surface area (Å²) in [7, 11) is -3.72. The average Bonchev–Trinajstić information content (AvgIpc) is 2.93. The second kappa shape index (κ2) is 6.61. The van der Waals surface area contributed by atoms with Crippen LogP contribution in [0.5, 0.6) is 0 Å². The molecule has 1 amide bonds. The predicted molar refractivity (Wildman–Crippen MR) is 86.0 cm³/mol. The normalized spacial score (nSPS) is 32.5. The highest BCUT2D eigenvalue weighted by Crippen LogP contribution is 2.41. The Bertz CT molecular complexity index is 615. The van der Waals surface area contributed by atoms with Gasteiger partial charge in [-0.05, 0) is 38.0 Å². The molecule has 0 spiro atoms. The van der Waals surface area contributed by atoms with Crippen molar-refractivity contribution >= 4 is 22.1 Å². The zero-order valence-electron chi connectivity index (χ0n) is 13.6. The van der Waals surface area contributed by atoms with Crippen LogP contribution in [0.1, 0.15) is 44.9 Å². The van der Waals surface area contributed by atoms with Crippen LogP contribution in [0.25, 0.3) is 0 Å². The fourth-order valence-electron chi connectivity index (χ4n) is 4.57. The molecule has 0 radical (unpaired) electrons. The highest BCUT2D eigenvalue weighted by molar-refractivity contribution is 7.86. The predicted octanol–water partition coefficient (Wildman–Crippen LogP) is 0.146. The molecule has 0 aromatic rings. The van der Waals surface area contributed by atoms with Gasteiger partial charge in [0.05, 0.1) is 0 Å². The van der Waals surface area contributed by atoms with Crippen molar-refractivity contribution in [3.05, 3.63) is 0 Å². The number of carboxylic acid groups (broad SMARTS) is 1. The summed E-state index contributed by atoms with van der Waals surface area (Å²) in [5.41, 5.74) is 0. The van der Waals surface area contributed by atoms with Gasteiger partial charge in [-0.1, -0.05) is 12.8 Å². The number of piperidine rings is 1. The van der Waals surface area contributed by atoms with Gasteiger partial charge in [-0.25, -0.2) is 9.93 Å². The topological polar surface area (TPSA) is 121 Å². The Hall–Kier alpha value is -1.19. The number of rotatable bonds is 3. The van der Waals surface area contributed by atoms with Gasteiger partial charge in [0.15, 0.2) is 0 Å². The number of carbonyl (C=O) groups is 2. The molecule has 24 heavy (non-hydrogen) atoms. The molecule has 8 nitrogen and oxygen atoms in total. The third kappa shape index (κ3) is 3.29. The number of carboxylic acids is 1. The van der Waals surface area contributed by atoms with Gasteiger partial charge < -0.3 is 10.0 Å². The SMILES string of the molecule is NS(=O)(=O)N1CCC(C(=O)N2C(C(=O)O)CC3CCCCC32)CC1. The first kappa shape index (κ1) is 17.6. The lowest BCUT2D eigenvalue weighted by atomic mass is 9.84. The van der Waals surface area contributed by atoms with E-state index in [2.05, 4.69) is 0 Å². The van der Waals surface area contributed by atoms with Gasteiger partial charge in [0.2, 0.25) is 5.91 Å². The van der Waals surface area contributed by atoms with Crippen LogP contribution in [-0.4, -0.2) is 59.8 Å². The molecular weight excluding hydrogens is 334 g/mol. The summed E-state index contributed by atoms with van der Waals surface area (Å²) < 4.78 is 23.9. The quantitative estimate of drug-likeness (QED) is 0.743. The lowest BCUT2D eigenvalue weighted by molar-refractivity contribution is -0.152. The second-order valence-corrected chi connectivity index (χ2v) is 8.71. The number of hydrogen-bond acceptors (Lipinski definition) is 4. The van der Waals surface area contributed by atoms with Crippen LogP contribution in [0.2, 0.25) is 0 Å². The minimum atomic E-state index is -3.72. The van der Waals surface area contributed by atoms with Crippen LogP contribution in [0.4, 0.5) is 0 Å². The van der Waals surface area contributed by atoms with Crippen LogP contribution >= 0.6 is 0 Å². The van der Waals surface area contributed by atoms with E-state index in [1.165, 1.54) is 4.31 Å². The van der Waals surface area contributed by atoms with Gasteiger partial charge in [0, 0.05) is 25.0 Å². The first-order valence-corrected chi connectivity index (χ1v) is 10.1. The van der Waals surface area contributed by atoms with Crippen molar-refractivity contribution in [2.75, 3.05) is 13.1 Å². The van der Waals surface area contributed by atoms with Crippen molar-refractivity contribution < 1.29 is 23.1 Å². The van der Waals surface area contributed by atoms with E-state index in [1.807, 2.05) is 0 Å². The van der Waals surface area contributed by atoms with Crippen LogP contribution in [-0.2, 0) is 19.8 Å². The van der Waals surface area contributed by atoms with Crippen molar-refractivity contribution in [3.63, 3.8) is 0 Å². The Labute approximate surface area is 142 Å². The molecule has 9 heteroatoms. The molecule has 136 valence electrons. The Morgan fingerprint density at radius 3 is 2.25 bits per heavy atom. The van der Waals surface area contributed by atoms with Crippen molar-refractivity contribution in [2.24, 2.45) is 17.0 Å². The Morgan fingerprint density at radius 1 is 1.04 bits per heavy atom. The van der Waals surface area contributed by atoms with Crippen LogP contribution in [0, 0.1) is 11.8 Å². The van der Waals surface area contributed by atoms with Gasteiger partial charge in [0.1, 0.15) is 6.04 Å². The maximum atomic E-state index is 13.0. The molecule has 1 saturated carbocycles. The maximum Gasteiger partial charge on any atom is 0.326 e. The monoisotopic (exact) mass is 359 g/mol. The largest absolute Gasteiger partial charge is 0.480 e. The van der Waals surface area contributed by atoms with E-state index in [-0.39, 0.29) is 36.9 Å². The van der Waals surface area contributed by atoms with E-state index in [1.54, 1.807) is 4.90 Å². The van der Waals surface area contributed by atoms with E-state index in [9.17, 15) is 23.1 Å². The lowest BCUT2D eigenvalue weighted by Crippen LogP contribution is -2.51. The minimum Gasteiger partial charge on any atom is -0.480 e.